The van der Waals surface area contributed by atoms with Gasteiger partial charge in [-0.25, -0.2) is 13.8 Å². The molecular formula is C22H20FN3O4. The molecule has 2 aromatic carbocycles. The Morgan fingerprint density at radius 3 is 2.37 bits per heavy atom. The van der Waals surface area contributed by atoms with Crippen molar-refractivity contribution in [3.05, 3.63) is 93.0 Å². The van der Waals surface area contributed by atoms with Crippen molar-refractivity contribution in [3.8, 4) is 17.2 Å². The van der Waals surface area contributed by atoms with Gasteiger partial charge in [-0.1, -0.05) is 18.7 Å². The van der Waals surface area contributed by atoms with E-state index in [0.717, 1.165) is 10.1 Å². The van der Waals surface area contributed by atoms with Crippen LogP contribution in [0.3, 0.4) is 0 Å². The Kier molecular flexibility index (Phi) is 4.91. The first kappa shape index (κ1) is 19.5. The van der Waals surface area contributed by atoms with Gasteiger partial charge >= 0.3 is 11.2 Å². The van der Waals surface area contributed by atoms with Gasteiger partial charge in [-0.05, 0) is 42.0 Å². The van der Waals surface area contributed by atoms with Crippen molar-refractivity contribution >= 4 is 5.70 Å². The predicted molar refractivity (Wildman–Crippen MR) is 110 cm³/mol. The van der Waals surface area contributed by atoms with E-state index in [2.05, 4.69) is 6.58 Å². The first-order valence-electron chi connectivity index (χ1n) is 9.32. The summed E-state index contributed by atoms with van der Waals surface area (Å²) in [4.78, 5) is 27.7. The van der Waals surface area contributed by atoms with E-state index in [4.69, 9.17) is 4.74 Å². The summed E-state index contributed by atoms with van der Waals surface area (Å²) in [6, 6.07) is 12.5. The van der Waals surface area contributed by atoms with Gasteiger partial charge in [0.05, 0.1) is 18.5 Å². The summed E-state index contributed by atoms with van der Waals surface area (Å²) in [5.41, 5.74) is 0.263. The van der Waals surface area contributed by atoms with Crippen molar-refractivity contribution in [3.63, 3.8) is 0 Å². The number of aromatic hydroxyl groups is 1. The second-order valence-electron chi connectivity index (χ2n) is 6.96. The van der Waals surface area contributed by atoms with Crippen LogP contribution in [0.1, 0.15) is 11.3 Å². The van der Waals surface area contributed by atoms with Gasteiger partial charge in [0.25, 0.3) is 0 Å². The van der Waals surface area contributed by atoms with Gasteiger partial charge in [-0.15, -0.1) is 0 Å². The smallest absolute Gasteiger partial charge is 0.336 e. The molecule has 8 heteroatoms. The zero-order valence-electron chi connectivity index (χ0n) is 16.3. The fourth-order valence-electron chi connectivity index (χ4n) is 3.59. The van der Waals surface area contributed by atoms with E-state index < -0.39 is 17.0 Å². The molecule has 0 spiro atoms. The highest BCUT2D eigenvalue weighted by Gasteiger charge is 2.28. The first-order valence-corrected chi connectivity index (χ1v) is 9.32. The minimum Gasteiger partial charge on any atom is -0.502 e. The molecule has 0 atom stereocenters. The number of aromatic nitrogens is 2. The third kappa shape index (κ3) is 3.26. The lowest BCUT2D eigenvalue weighted by Gasteiger charge is -2.34. The SMILES string of the molecule is C=C1c2c(O)c(=O)n(-c3ccc(OC)cc3)c(=O)n2CCN1Cc1ccc(F)cc1. The summed E-state index contributed by atoms with van der Waals surface area (Å²) < 4.78 is 20.5. The molecule has 154 valence electrons. The normalized spacial score (nSPS) is 13.3. The summed E-state index contributed by atoms with van der Waals surface area (Å²) in [6.45, 7) is 5.11. The highest BCUT2D eigenvalue weighted by Crippen LogP contribution is 2.28. The number of fused-ring (bicyclic) bond motifs is 1. The number of hydrogen-bond acceptors (Lipinski definition) is 5. The number of nitrogens with zero attached hydrogens (tertiary/aromatic N) is 3. The number of rotatable bonds is 4. The maximum atomic E-state index is 13.2. The largest absolute Gasteiger partial charge is 0.502 e. The van der Waals surface area contributed by atoms with Crippen LogP contribution >= 0.6 is 0 Å². The molecule has 0 fully saturated rings. The lowest BCUT2D eigenvalue weighted by atomic mass is 10.1. The topological polar surface area (TPSA) is 76.7 Å². The molecule has 2 heterocycles. The van der Waals surface area contributed by atoms with Crippen molar-refractivity contribution in [2.45, 2.75) is 13.1 Å². The highest BCUT2D eigenvalue weighted by atomic mass is 19.1. The fraction of sp³-hybridized carbons (Fsp3) is 0.182. The third-order valence-electron chi connectivity index (χ3n) is 5.19. The molecule has 0 unspecified atom stereocenters. The van der Waals surface area contributed by atoms with Crippen LogP contribution in [0.15, 0.2) is 64.7 Å². The van der Waals surface area contributed by atoms with Gasteiger partial charge in [0.15, 0.2) is 0 Å². The molecule has 0 saturated carbocycles. The molecule has 0 aliphatic carbocycles. The monoisotopic (exact) mass is 409 g/mol. The average Bonchev–Trinajstić information content (AvgIpc) is 2.75. The van der Waals surface area contributed by atoms with Crippen molar-refractivity contribution in [1.29, 1.82) is 0 Å². The number of ether oxygens (including phenoxy) is 1. The quantitative estimate of drug-likeness (QED) is 0.716. The lowest BCUT2D eigenvalue weighted by molar-refractivity contribution is 0.325. The fourth-order valence-corrected chi connectivity index (χ4v) is 3.59. The molecule has 4 rings (SSSR count). The van der Waals surface area contributed by atoms with Crippen LogP contribution in [-0.4, -0.2) is 32.8 Å². The van der Waals surface area contributed by atoms with E-state index >= 15 is 0 Å². The Balaban J connectivity index is 1.74. The number of benzene rings is 2. The van der Waals surface area contributed by atoms with Crippen LogP contribution in [0.2, 0.25) is 0 Å². The average molecular weight is 409 g/mol. The number of methoxy groups -OCH3 is 1. The number of hydrogen-bond donors (Lipinski definition) is 1. The Morgan fingerprint density at radius 2 is 1.73 bits per heavy atom. The Hall–Kier alpha value is -3.81. The van der Waals surface area contributed by atoms with E-state index in [1.54, 1.807) is 36.4 Å². The first-order chi connectivity index (χ1) is 14.4. The molecule has 1 aromatic heterocycles. The highest BCUT2D eigenvalue weighted by molar-refractivity contribution is 5.65. The summed E-state index contributed by atoms with van der Waals surface area (Å²) in [5, 5.41) is 10.6. The Morgan fingerprint density at radius 1 is 1.07 bits per heavy atom. The van der Waals surface area contributed by atoms with E-state index in [1.165, 1.54) is 23.8 Å². The summed E-state index contributed by atoms with van der Waals surface area (Å²) in [5.74, 6) is -0.289. The Bertz CT molecular complexity index is 1230. The maximum absolute atomic E-state index is 13.2. The molecular weight excluding hydrogens is 389 g/mol. The summed E-state index contributed by atoms with van der Waals surface area (Å²) in [6.07, 6.45) is 0. The van der Waals surface area contributed by atoms with Crippen molar-refractivity contribution in [2.24, 2.45) is 0 Å². The van der Waals surface area contributed by atoms with E-state index in [1.807, 2.05) is 4.90 Å². The van der Waals surface area contributed by atoms with E-state index in [-0.39, 0.29) is 18.1 Å². The van der Waals surface area contributed by atoms with E-state index in [9.17, 15) is 19.1 Å². The zero-order chi connectivity index (χ0) is 21.4. The second-order valence-corrected chi connectivity index (χ2v) is 6.96. The summed E-state index contributed by atoms with van der Waals surface area (Å²) >= 11 is 0. The van der Waals surface area contributed by atoms with Crippen LogP contribution in [-0.2, 0) is 13.1 Å². The minimum atomic E-state index is -0.818. The molecule has 0 radical (unpaired) electrons. The zero-order valence-corrected chi connectivity index (χ0v) is 16.3. The van der Waals surface area contributed by atoms with Crippen molar-refractivity contribution < 1.29 is 14.2 Å². The molecule has 1 aliphatic heterocycles. The molecule has 0 bridgehead atoms. The standard InChI is InChI=1S/C22H20FN3O4/c1-14-19-20(27)21(28)26(17-7-9-18(30-2)10-8-17)22(29)25(19)12-11-24(14)13-15-3-5-16(23)6-4-15/h3-10,27H,1,11-13H2,2H3. The van der Waals surface area contributed by atoms with Gasteiger partial charge in [-0.3, -0.25) is 9.36 Å². The molecule has 0 saturated heterocycles. The van der Waals surface area contributed by atoms with Crippen LogP contribution in [0, 0.1) is 5.82 Å². The van der Waals surface area contributed by atoms with Crippen LogP contribution in [0.4, 0.5) is 4.39 Å². The molecule has 1 aliphatic rings. The molecule has 30 heavy (non-hydrogen) atoms. The van der Waals surface area contributed by atoms with Gasteiger partial charge in [-0.2, -0.15) is 0 Å². The molecule has 0 amide bonds. The van der Waals surface area contributed by atoms with Gasteiger partial charge in [0.1, 0.15) is 17.3 Å². The van der Waals surface area contributed by atoms with Gasteiger partial charge in [0, 0.05) is 19.6 Å². The van der Waals surface area contributed by atoms with Gasteiger partial charge < -0.3 is 14.7 Å². The van der Waals surface area contributed by atoms with E-state index in [0.29, 0.717) is 30.2 Å². The molecule has 3 aromatic rings. The van der Waals surface area contributed by atoms with Crippen molar-refractivity contribution in [2.75, 3.05) is 13.7 Å². The van der Waals surface area contributed by atoms with Crippen LogP contribution in [0.5, 0.6) is 11.5 Å². The Labute approximate surface area is 171 Å². The lowest BCUT2D eigenvalue weighted by Crippen LogP contribution is -2.45. The minimum absolute atomic E-state index is 0.100. The van der Waals surface area contributed by atoms with Gasteiger partial charge in [0.2, 0.25) is 5.75 Å². The molecule has 7 nitrogen and oxygen atoms in total. The maximum Gasteiger partial charge on any atom is 0.336 e. The van der Waals surface area contributed by atoms with Crippen LogP contribution in [0.25, 0.3) is 11.4 Å². The number of halogens is 1. The molecule has 1 N–H and O–H groups in total. The summed E-state index contributed by atoms with van der Waals surface area (Å²) in [7, 11) is 1.52. The second kappa shape index (κ2) is 7.55. The van der Waals surface area contributed by atoms with Crippen LogP contribution < -0.4 is 16.0 Å². The van der Waals surface area contributed by atoms with Crippen molar-refractivity contribution in [1.82, 2.24) is 14.0 Å². The third-order valence-corrected chi connectivity index (χ3v) is 5.19. The predicted octanol–water partition coefficient (Wildman–Crippen LogP) is 2.34.